The van der Waals surface area contributed by atoms with Crippen molar-refractivity contribution in [3.8, 4) is 0 Å². The van der Waals surface area contributed by atoms with Gasteiger partial charge in [0.2, 0.25) is 29.5 Å². The van der Waals surface area contributed by atoms with Gasteiger partial charge in [0.05, 0.1) is 37.1 Å². The standard InChI is InChI=1S/C34H63N5O9/c1-17(2)12-23(37-33(47)31(21(9)10)39-34(48)30(20(7)8)38-27(42)14-19(5)6)25(40)15-28(43)35-22(11)32(46)36-24(13-18(3)4)26(41)16-29(44)45/h17-26,30-31,40-41H,12-16H2,1-11H3,(H,35,43)(H,36,46)(H,37,47)(H,38,42)(H,39,48)(H,44,45)/t22-,23-,24+,25-,26-,30-,31-/m0/s1. The van der Waals surface area contributed by atoms with Gasteiger partial charge in [-0.25, -0.2) is 0 Å². The van der Waals surface area contributed by atoms with Crippen LogP contribution < -0.4 is 26.6 Å². The molecule has 0 aromatic carbocycles. The number of nitrogens with one attached hydrogen (secondary N) is 5. The van der Waals surface area contributed by atoms with Crippen molar-refractivity contribution in [2.75, 3.05) is 0 Å². The Hall–Kier alpha value is -3.26. The quantitative estimate of drug-likeness (QED) is 0.0825. The lowest BCUT2D eigenvalue weighted by Crippen LogP contribution is -2.59. The van der Waals surface area contributed by atoms with Crippen molar-refractivity contribution in [1.82, 2.24) is 26.6 Å². The Morgan fingerprint density at radius 1 is 0.479 bits per heavy atom. The maximum Gasteiger partial charge on any atom is 0.306 e. The summed E-state index contributed by atoms with van der Waals surface area (Å²) in [5.41, 5.74) is 0. The summed E-state index contributed by atoms with van der Waals surface area (Å²) in [6, 6.07) is -4.61. The number of aliphatic hydroxyl groups is 2. The maximum absolute atomic E-state index is 13.5. The summed E-state index contributed by atoms with van der Waals surface area (Å²) in [5.74, 6) is -4.25. The van der Waals surface area contributed by atoms with E-state index < -0.39 is 84.9 Å². The third kappa shape index (κ3) is 17.8. The van der Waals surface area contributed by atoms with Crippen LogP contribution in [-0.2, 0) is 28.8 Å². The summed E-state index contributed by atoms with van der Waals surface area (Å²) in [6.45, 7) is 19.8. The van der Waals surface area contributed by atoms with Crippen molar-refractivity contribution in [2.45, 2.75) is 151 Å². The molecule has 0 fully saturated rings. The fourth-order valence-corrected chi connectivity index (χ4v) is 5.16. The van der Waals surface area contributed by atoms with Crippen molar-refractivity contribution in [3.63, 3.8) is 0 Å². The molecular weight excluding hydrogens is 622 g/mol. The molecule has 278 valence electrons. The number of carbonyl (C=O) groups is 6. The number of hydrogen-bond donors (Lipinski definition) is 8. The first kappa shape index (κ1) is 44.7. The number of aliphatic carboxylic acids is 1. The fourth-order valence-electron chi connectivity index (χ4n) is 5.16. The lowest BCUT2D eigenvalue weighted by atomic mass is 9.95. The van der Waals surface area contributed by atoms with Gasteiger partial charge in [0.15, 0.2) is 0 Å². The minimum Gasteiger partial charge on any atom is -0.481 e. The first-order valence-electron chi connectivity index (χ1n) is 17.1. The van der Waals surface area contributed by atoms with Crippen molar-refractivity contribution < 1.29 is 44.1 Å². The summed E-state index contributed by atoms with van der Waals surface area (Å²) >= 11 is 0. The molecule has 8 N–H and O–H groups in total. The molecule has 0 aromatic heterocycles. The van der Waals surface area contributed by atoms with Gasteiger partial charge in [-0.05, 0) is 49.4 Å². The van der Waals surface area contributed by atoms with E-state index in [-0.39, 0.29) is 41.9 Å². The van der Waals surface area contributed by atoms with Gasteiger partial charge in [0.1, 0.15) is 18.1 Å². The largest absolute Gasteiger partial charge is 0.481 e. The van der Waals surface area contributed by atoms with E-state index in [0.29, 0.717) is 12.8 Å². The Morgan fingerprint density at radius 2 is 0.875 bits per heavy atom. The van der Waals surface area contributed by atoms with Gasteiger partial charge in [-0.3, -0.25) is 28.8 Å². The topological polar surface area (TPSA) is 223 Å². The van der Waals surface area contributed by atoms with Crippen molar-refractivity contribution in [3.05, 3.63) is 0 Å². The van der Waals surface area contributed by atoms with E-state index in [9.17, 15) is 39.0 Å². The Balaban J connectivity index is 5.60. The fraction of sp³-hybridized carbons (Fsp3) is 0.824. The number of carboxylic acids is 1. The molecular formula is C34H63N5O9. The number of aliphatic hydroxyl groups excluding tert-OH is 2. The minimum atomic E-state index is -1.33. The molecule has 14 nitrogen and oxygen atoms in total. The number of carbonyl (C=O) groups excluding carboxylic acids is 5. The van der Waals surface area contributed by atoms with Gasteiger partial charge < -0.3 is 41.9 Å². The molecule has 0 radical (unpaired) electrons. The number of amides is 5. The molecule has 0 rings (SSSR count). The van der Waals surface area contributed by atoms with Crippen molar-refractivity contribution >= 4 is 35.5 Å². The first-order valence-corrected chi connectivity index (χ1v) is 17.1. The van der Waals surface area contributed by atoms with Crippen LogP contribution >= 0.6 is 0 Å². The highest BCUT2D eigenvalue weighted by Gasteiger charge is 2.34. The SMILES string of the molecule is CC(C)CC(=O)N[C@H](C(=O)N[C@H](C(=O)N[C@@H](CC(C)C)[C@@H](O)CC(=O)N[C@@H](C)C(=O)N[C@H](CC(C)C)[C@@H](O)CC(=O)O)C(C)C)C(C)C. The van der Waals surface area contributed by atoms with E-state index in [0.717, 1.165) is 0 Å². The third-order valence-electron chi connectivity index (χ3n) is 7.69. The molecule has 7 atom stereocenters. The predicted molar refractivity (Wildman–Crippen MR) is 182 cm³/mol. The molecule has 0 bridgehead atoms. The van der Waals surface area contributed by atoms with Gasteiger partial charge >= 0.3 is 5.97 Å². The summed E-state index contributed by atoms with van der Waals surface area (Å²) in [7, 11) is 0. The summed E-state index contributed by atoms with van der Waals surface area (Å²) in [6.07, 6.45) is -2.76. The molecule has 0 aromatic rings. The molecule has 0 saturated carbocycles. The summed E-state index contributed by atoms with van der Waals surface area (Å²) in [4.78, 5) is 75.9. The molecule has 0 saturated heterocycles. The second kappa shape index (κ2) is 21.7. The molecule has 0 unspecified atom stereocenters. The van der Waals surface area contributed by atoms with E-state index in [2.05, 4.69) is 26.6 Å². The van der Waals surface area contributed by atoms with Crippen LogP contribution in [0.15, 0.2) is 0 Å². The second-order valence-electron chi connectivity index (χ2n) is 14.8. The van der Waals surface area contributed by atoms with Gasteiger partial charge in [0.25, 0.3) is 0 Å². The maximum atomic E-state index is 13.5. The van der Waals surface area contributed by atoms with Crippen LogP contribution in [0.1, 0.15) is 108 Å². The summed E-state index contributed by atoms with van der Waals surface area (Å²) < 4.78 is 0. The van der Waals surface area contributed by atoms with Gasteiger partial charge in [-0.2, -0.15) is 0 Å². The molecule has 48 heavy (non-hydrogen) atoms. The van der Waals surface area contributed by atoms with Crippen molar-refractivity contribution in [1.29, 1.82) is 0 Å². The van der Waals surface area contributed by atoms with Gasteiger partial charge in [-0.15, -0.1) is 0 Å². The zero-order chi connectivity index (χ0) is 37.5. The van der Waals surface area contributed by atoms with Crippen molar-refractivity contribution in [2.24, 2.45) is 29.6 Å². The average molecular weight is 686 g/mol. The molecule has 0 aliphatic rings. The van der Waals surface area contributed by atoms with Gasteiger partial charge in [-0.1, -0.05) is 69.2 Å². The first-order chi connectivity index (χ1) is 22.0. The Labute approximate surface area is 286 Å². The van der Waals surface area contributed by atoms with E-state index >= 15 is 0 Å². The normalized spacial score (nSPS) is 16.1. The van der Waals surface area contributed by atoms with Gasteiger partial charge in [0, 0.05) is 6.42 Å². The number of rotatable bonds is 22. The van der Waals surface area contributed by atoms with Crippen LogP contribution in [0.3, 0.4) is 0 Å². The second-order valence-corrected chi connectivity index (χ2v) is 14.8. The smallest absolute Gasteiger partial charge is 0.306 e. The van der Waals surface area contributed by atoms with E-state index in [1.54, 1.807) is 27.7 Å². The minimum absolute atomic E-state index is 0.0152. The highest BCUT2D eigenvalue weighted by Crippen LogP contribution is 2.15. The van der Waals surface area contributed by atoms with Crippen LogP contribution in [0.25, 0.3) is 0 Å². The average Bonchev–Trinajstić information content (AvgIpc) is 2.91. The molecule has 0 aliphatic carbocycles. The molecule has 0 spiro atoms. The van der Waals surface area contributed by atoms with Crippen LogP contribution in [0.2, 0.25) is 0 Å². The van der Waals surface area contributed by atoms with E-state index in [1.807, 2.05) is 41.5 Å². The highest BCUT2D eigenvalue weighted by molar-refractivity contribution is 5.92. The molecule has 0 aliphatic heterocycles. The highest BCUT2D eigenvalue weighted by atomic mass is 16.4. The Morgan fingerprint density at radius 3 is 1.29 bits per heavy atom. The van der Waals surface area contributed by atoms with E-state index in [1.165, 1.54) is 6.92 Å². The van der Waals surface area contributed by atoms with Crippen LogP contribution in [0.5, 0.6) is 0 Å². The van der Waals surface area contributed by atoms with Crippen LogP contribution in [-0.4, -0.2) is 93.2 Å². The monoisotopic (exact) mass is 685 g/mol. The third-order valence-corrected chi connectivity index (χ3v) is 7.69. The predicted octanol–water partition coefficient (Wildman–Crippen LogP) is 1.47. The molecule has 14 heteroatoms. The van der Waals surface area contributed by atoms with E-state index in [4.69, 9.17) is 5.11 Å². The lowest BCUT2D eigenvalue weighted by Gasteiger charge is -2.31. The van der Waals surface area contributed by atoms with Crippen LogP contribution in [0.4, 0.5) is 0 Å². The zero-order valence-electron chi connectivity index (χ0n) is 30.8. The molecule has 5 amide bonds. The Bertz CT molecular complexity index is 1060. The molecule has 0 heterocycles. The Kier molecular flexibility index (Phi) is 20.2. The zero-order valence-corrected chi connectivity index (χ0v) is 30.8. The number of carboxylic acid groups (broad SMARTS) is 1. The number of hydrogen-bond acceptors (Lipinski definition) is 8. The summed E-state index contributed by atoms with van der Waals surface area (Å²) in [5, 5.41) is 43.9. The van der Waals surface area contributed by atoms with Crippen LogP contribution in [0, 0.1) is 29.6 Å². The lowest BCUT2D eigenvalue weighted by molar-refractivity contribution is -0.140.